The molecule has 2 fully saturated rings. The van der Waals surface area contributed by atoms with Crippen LogP contribution in [0.3, 0.4) is 0 Å². The molecule has 0 saturated carbocycles. The van der Waals surface area contributed by atoms with Gasteiger partial charge in [0.2, 0.25) is 11.8 Å². The highest BCUT2D eigenvalue weighted by Crippen LogP contribution is 2.35. The zero-order chi connectivity index (χ0) is 17.4. The summed E-state index contributed by atoms with van der Waals surface area (Å²) in [6.45, 7) is 3.55. The number of fused-ring (bicyclic) bond motifs is 1. The van der Waals surface area contributed by atoms with E-state index in [2.05, 4.69) is 9.80 Å². The molecule has 132 valence electrons. The minimum absolute atomic E-state index is 0.0136. The predicted molar refractivity (Wildman–Crippen MR) is 92.3 cm³/mol. The summed E-state index contributed by atoms with van der Waals surface area (Å²) < 4.78 is 13.0. The summed E-state index contributed by atoms with van der Waals surface area (Å²) >= 11 is 0. The average Bonchev–Trinajstić information content (AvgIpc) is 2.88. The molecular weight excluding hydrogens is 321 g/mol. The van der Waals surface area contributed by atoms with Gasteiger partial charge in [-0.25, -0.2) is 4.39 Å². The molecule has 0 unspecified atom stereocenters. The molecular formula is C19H22FN3O2. The Kier molecular flexibility index (Phi) is 4.29. The Morgan fingerprint density at radius 3 is 2.00 bits per heavy atom. The van der Waals surface area contributed by atoms with Crippen molar-refractivity contribution in [3.63, 3.8) is 0 Å². The van der Waals surface area contributed by atoms with Crippen LogP contribution in [-0.2, 0) is 9.59 Å². The van der Waals surface area contributed by atoms with Crippen molar-refractivity contribution in [3.05, 3.63) is 42.2 Å². The molecule has 6 heteroatoms. The number of piperazine rings is 1. The van der Waals surface area contributed by atoms with Gasteiger partial charge in [0, 0.05) is 31.9 Å². The molecule has 2 heterocycles. The molecule has 25 heavy (non-hydrogen) atoms. The fraction of sp³-hybridized carbons (Fsp3) is 0.474. The van der Waals surface area contributed by atoms with Crippen LogP contribution in [0.2, 0.25) is 0 Å². The molecule has 0 aromatic heterocycles. The summed E-state index contributed by atoms with van der Waals surface area (Å²) in [7, 11) is 0. The van der Waals surface area contributed by atoms with Crippen molar-refractivity contribution < 1.29 is 14.0 Å². The van der Waals surface area contributed by atoms with Crippen LogP contribution in [0.15, 0.2) is 36.4 Å². The zero-order valence-electron chi connectivity index (χ0n) is 14.1. The van der Waals surface area contributed by atoms with E-state index in [4.69, 9.17) is 0 Å². The lowest BCUT2D eigenvalue weighted by Crippen LogP contribution is -2.51. The third-order valence-electron chi connectivity index (χ3n) is 5.50. The van der Waals surface area contributed by atoms with Crippen molar-refractivity contribution in [1.82, 2.24) is 9.80 Å². The summed E-state index contributed by atoms with van der Waals surface area (Å²) in [4.78, 5) is 30.9. The minimum atomic E-state index is -0.232. The molecule has 2 aliphatic heterocycles. The lowest BCUT2D eigenvalue weighted by atomic mass is 9.85. The second-order valence-electron chi connectivity index (χ2n) is 6.98. The molecule has 1 aromatic carbocycles. The fourth-order valence-electron chi connectivity index (χ4n) is 4.01. The van der Waals surface area contributed by atoms with Crippen LogP contribution < -0.4 is 4.90 Å². The Morgan fingerprint density at radius 2 is 1.44 bits per heavy atom. The molecule has 0 bridgehead atoms. The van der Waals surface area contributed by atoms with Crippen LogP contribution in [0.4, 0.5) is 10.1 Å². The Bertz CT molecular complexity index is 669. The second-order valence-corrected chi connectivity index (χ2v) is 6.98. The highest BCUT2D eigenvalue weighted by molar-refractivity contribution is 6.05. The number of imide groups is 1. The Balaban J connectivity index is 1.35. The molecule has 0 N–H and O–H groups in total. The summed E-state index contributed by atoms with van der Waals surface area (Å²) in [5.74, 6) is -0.568. The van der Waals surface area contributed by atoms with Crippen LogP contribution in [0.1, 0.15) is 12.8 Å². The van der Waals surface area contributed by atoms with Crippen LogP contribution >= 0.6 is 0 Å². The SMILES string of the molecule is O=C1[C@H]2CC=CC[C@H]2C(=O)N1CN1CCN(c2ccc(F)cc2)CC1. The molecule has 0 radical (unpaired) electrons. The number of halogens is 1. The van der Waals surface area contributed by atoms with E-state index in [0.717, 1.165) is 31.9 Å². The van der Waals surface area contributed by atoms with Gasteiger partial charge in [-0.2, -0.15) is 0 Å². The minimum Gasteiger partial charge on any atom is -0.369 e. The van der Waals surface area contributed by atoms with E-state index in [9.17, 15) is 14.0 Å². The molecule has 5 nitrogen and oxygen atoms in total. The number of hydrogen-bond acceptors (Lipinski definition) is 4. The lowest BCUT2D eigenvalue weighted by molar-refractivity contribution is -0.142. The van der Waals surface area contributed by atoms with E-state index in [1.165, 1.54) is 17.0 Å². The summed E-state index contributed by atoms with van der Waals surface area (Å²) in [6, 6.07) is 6.52. The number of anilines is 1. The van der Waals surface area contributed by atoms with E-state index < -0.39 is 0 Å². The van der Waals surface area contributed by atoms with Gasteiger partial charge in [0.05, 0.1) is 18.5 Å². The number of amides is 2. The van der Waals surface area contributed by atoms with Crippen molar-refractivity contribution in [2.45, 2.75) is 12.8 Å². The first-order chi connectivity index (χ1) is 12.1. The largest absolute Gasteiger partial charge is 0.369 e. The molecule has 2 atom stereocenters. The average molecular weight is 343 g/mol. The van der Waals surface area contributed by atoms with Crippen molar-refractivity contribution in [2.24, 2.45) is 11.8 Å². The number of carbonyl (C=O) groups is 2. The highest BCUT2D eigenvalue weighted by Gasteiger charge is 2.47. The van der Waals surface area contributed by atoms with Crippen LogP contribution in [-0.4, -0.2) is 54.5 Å². The first kappa shape index (κ1) is 16.3. The number of allylic oxidation sites excluding steroid dienone is 2. The summed E-state index contributed by atoms with van der Waals surface area (Å²) in [5.41, 5.74) is 1.01. The van der Waals surface area contributed by atoms with Gasteiger partial charge in [-0.15, -0.1) is 0 Å². The van der Waals surface area contributed by atoms with Crippen LogP contribution in [0.25, 0.3) is 0 Å². The maximum absolute atomic E-state index is 13.0. The van der Waals surface area contributed by atoms with Gasteiger partial charge in [0.25, 0.3) is 0 Å². The van der Waals surface area contributed by atoms with Crippen molar-refractivity contribution >= 4 is 17.5 Å². The molecule has 4 rings (SSSR count). The highest BCUT2D eigenvalue weighted by atomic mass is 19.1. The lowest BCUT2D eigenvalue weighted by Gasteiger charge is -2.37. The summed E-state index contributed by atoms with van der Waals surface area (Å²) in [5, 5.41) is 0. The Labute approximate surface area is 146 Å². The van der Waals surface area contributed by atoms with Gasteiger partial charge < -0.3 is 4.90 Å². The van der Waals surface area contributed by atoms with Gasteiger partial charge >= 0.3 is 0 Å². The molecule has 2 saturated heterocycles. The van der Waals surface area contributed by atoms with E-state index in [1.807, 2.05) is 12.2 Å². The zero-order valence-corrected chi connectivity index (χ0v) is 14.1. The van der Waals surface area contributed by atoms with Crippen molar-refractivity contribution in [1.29, 1.82) is 0 Å². The van der Waals surface area contributed by atoms with E-state index in [0.29, 0.717) is 19.5 Å². The van der Waals surface area contributed by atoms with E-state index in [-0.39, 0.29) is 29.5 Å². The molecule has 1 aromatic rings. The third kappa shape index (κ3) is 3.06. The van der Waals surface area contributed by atoms with Gasteiger partial charge in [0.1, 0.15) is 5.82 Å². The smallest absolute Gasteiger partial charge is 0.234 e. The monoisotopic (exact) mass is 343 g/mol. The van der Waals surface area contributed by atoms with Crippen molar-refractivity contribution in [3.8, 4) is 0 Å². The Morgan fingerprint density at radius 1 is 0.880 bits per heavy atom. The maximum Gasteiger partial charge on any atom is 0.234 e. The topological polar surface area (TPSA) is 43.9 Å². The number of likely N-dealkylation sites (tertiary alicyclic amines) is 1. The number of rotatable bonds is 3. The van der Waals surface area contributed by atoms with Gasteiger partial charge in [-0.05, 0) is 37.1 Å². The van der Waals surface area contributed by atoms with E-state index >= 15 is 0 Å². The van der Waals surface area contributed by atoms with E-state index in [1.54, 1.807) is 12.1 Å². The standard InChI is InChI=1S/C19H22FN3O2/c20-14-5-7-15(8-6-14)22-11-9-21(10-12-22)13-23-18(24)16-3-1-2-4-17(16)19(23)25/h1-2,5-8,16-17H,3-4,9-13H2/t16-,17+. The normalized spacial score (nSPS) is 27.1. The number of hydrogen-bond donors (Lipinski definition) is 0. The molecule has 1 aliphatic carbocycles. The third-order valence-corrected chi connectivity index (χ3v) is 5.50. The summed E-state index contributed by atoms with van der Waals surface area (Å²) in [6.07, 6.45) is 5.39. The number of carbonyl (C=O) groups excluding carboxylic acids is 2. The van der Waals surface area contributed by atoms with Crippen LogP contribution in [0, 0.1) is 17.7 Å². The van der Waals surface area contributed by atoms with Crippen LogP contribution in [0.5, 0.6) is 0 Å². The van der Waals surface area contributed by atoms with Gasteiger partial charge in [-0.1, -0.05) is 12.2 Å². The van der Waals surface area contributed by atoms with Gasteiger partial charge in [0.15, 0.2) is 0 Å². The van der Waals surface area contributed by atoms with Gasteiger partial charge in [-0.3, -0.25) is 19.4 Å². The first-order valence-electron chi connectivity index (χ1n) is 8.86. The molecule has 3 aliphatic rings. The second kappa shape index (κ2) is 6.59. The number of nitrogens with zero attached hydrogens (tertiary/aromatic N) is 3. The molecule has 0 spiro atoms. The predicted octanol–water partition coefficient (Wildman–Crippen LogP) is 1.86. The fourth-order valence-corrected chi connectivity index (χ4v) is 4.01. The Hall–Kier alpha value is -2.21. The molecule has 2 amide bonds. The first-order valence-corrected chi connectivity index (χ1v) is 8.86. The maximum atomic E-state index is 13.0. The van der Waals surface area contributed by atoms with Crippen molar-refractivity contribution in [2.75, 3.05) is 37.7 Å². The number of benzene rings is 1. The quantitative estimate of drug-likeness (QED) is 0.621.